The van der Waals surface area contributed by atoms with Gasteiger partial charge in [-0.05, 0) is 44.5 Å². The predicted octanol–water partition coefficient (Wildman–Crippen LogP) is 2.55. The smallest absolute Gasteiger partial charge is 0.329 e. The SMILES string of the molecule is CCN(C(=O)C=Cc1ccc(F)cc1)C(C)(C)C(=O)O. The van der Waals surface area contributed by atoms with Crippen molar-refractivity contribution in [1.82, 2.24) is 4.90 Å². The molecule has 0 aliphatic rings. The number of carboxylic acid groups (broad SMARTS) is 1. The lowest BCUT2D eigenvalue weighted by Gasteiger charge is -2.33. The third-order valence-corrected chi connectivity index (χ3v) is 3.07. The Hall–Kier alpha value is -2.17. The van der Waals surface area contributed by atoms with Crippen LogP contribution < -0.4 is 0 Å². The largest absolute Gasteiger partial charge is 0.480 e. The number of hydrogen-bond acceptors (Lipinski definition) is 2. The summed E-state index contributed by atoms with van der Waals surface area (Å²) in [6.07, 6.45) is 2.82. The van der Waals surface area contributed by atoms with Crippen molar-refractivity contribution in [2.45, 2.75) is 26.3 Å². The van der Waals surface area contributed by atoms with Crippen molar-refractivity contribution in [2.75, 3.05) is 6.54 Å². The Bertz CT molecular complexity index is 520. The molecule has 0 bridgehead atoms. The van der Waals surface area contributed by atoms with Crippen LogP contribution >= 0.6 is 0 Å². The van der Waals surface area contributed by atoms with Crippen LogP contribution in [0.4, 0.5) is 4.39 Å². The minimum absolute atomic E-state index is 0.284. The van der Waals surface area contributed by atoms with E-state index in [4.69, 9.17) is 5.11 Å². The number of amides is 1. The van der Waals surface area contributed by atoms with Gasteiger partial charge in [-0.15, -0.1) is 0 Å². The van der Waals surface area contributed by atoms with Crippen molar-refractivity contribution in [3.05, 3.63) is 41.7 Å². The first-order valence-electron chi connectivity index (χ1n) is 6.27. The van der Waals surface area contributed by atoms with Crippen LogP contribution in [-0.4, -0.2) is 34.0 Å². The summed E-state index contributed by atoms with van der Waals surface area (Å²) in [4.78, 5) is 24.5. The van der Waals surface area contributed by atoms with Crippen molar-refractivity contribution in [2.24, 2.45) is 0 Å². The fraction of sp³-hybridized carbons (Fsp3) is 0.333. The second-order valence-electron chi connectivity index (χ2n) is 4.83. The number of rotatable bonds is 5. The Balaban J connectivity index is 2.88. The molecule has 1 aromatic rings. The molecule has 4 nitrogen and oxygen atoms in total. The summed E-state index contributed by atoms with van der Waals surface area (Å²) >= 11 is 0. The lowest BCUT2D eigenvalue weighted by Crippen LogP contribution is -2.52. The van der Waals surface area contributed by atoms with Gasteiger partial charge in [-0.25, -0.2) is 9.18 Å². The highest BCUT2D eigenvalue weighted by molar-refractivity contribution is 5.95. The number of carbonyl (C=O) groups excluding carboxylic acids is 1. The van der Waals surface area contributed by atoms with Gasteiger partial charge in [0.2, 0.25) is 5.91 Å². The lowest BCUT2D eigenvalue weighted by atomic mass is 10.0. The van der Waals surface area contributed by atoms with Crippen molar-refractivity contribution in [3.8, 4) is 0 Å². The van der Waals surface area contributed by atoms with Gasteiger partial charge in [0.15, 0.2) is 0 Å². The number of likely N-dealkylation sites (N-methyl/N-ethyl adjacent to an activating group) is 1. The highest BCUT2D eigenvalue weighted by Gasteiger charge is 2.35. The van der Waals surface area contributed by atoms with E-state index in [1.165, 1.54) is 55.2 Å². The van der Waals surface area contributed by atoms with Crippen LogP contribution in [0.1, 0.15) is 26.3 Å². The van der Waals surface area contributed by atoms with E-state index in [9.17, 15) is 14.0 Å². The van der Waals surface area contributed by atoms with E-state index in [-0.39, 0.29) is 12.4 Å². The molecule has 1 N–H and O–H groups in total. The van der Waals surface area contributed by atoms with E-state index >= 15 is 0 Å². The molecule has 1 rings (SSSR count). The van der Waals surface area contributed by atoms with Crippen LogP contribution in [0.3, 0.4) is 0 Å². The standard InChI is InChI=1S/C15H18FNO3/c1-4-17(15(2,3)14(19)20)13(18)10-7-11-5-8-12(16)9-6-11/h5-10H,4H2,1-3H3,(H,19,20). The third kappa shape index (κ3) is 3.66. The van der Waals surface area contributed by atoms with Crippen molar-refractivity contribution < 1.29 is 19.1 Å². The van der Waals surface area contributed by atoms with Crippen LogP contribution in [0.2, 0.25) is 0 Å². The van der Waals surface area contributed by atoms with E-state index in [2.05, 4.69) is 0 Å². The Morgan fingerprint density at radius 2 is 1.85 bits per heavy atom. The maximum Gasteiger partial charge on any atom is 0.329 e. The molecule has 0 aliphatic carbocycles. The van der Waals surface area contributed by atoms with Crippen molar-refractivity contribution in [3.63, 3.8) is 0 Å². The molecular weight excluding hydrogens is 261 g/mol. The first kappa shape index (κ1) is 15.9. The Labute approximate surface area is 117 Å². The molecule has 20 heavy (non-hydrogen) atoms. The van der Waals surface area contributed by atoms with E-state index in [0.29, 0.717) is 5.56 Å². The Morgan fingerprint density at radius 3 is 2.30 bits per heavy atom. The van der Waals surface area contributed by atoms with Gasteiger partial charge in [-0.2, -0.15) is 0 Å². The molecule has 0 aromatic heterocycles. The van der Waals surface area contributed by atoms with Gasteiger partial charge in [0.05, 0.1) is 0 Å². The van der Waals surface area contributed by atoms with Gasteiger partial charge in [-0.3, -0.25) is 4.79 Å². The summed E-state index contributed by atoms with van der Waals surface area (Å²) in [7, 11) is 0. The molecule has 0 saturated heterocycles. The second kappa shape index (κ2) is 6.32. The molecule has 0 saturated carbocycles. The molecule has 0 heterocycles. The lowest BCUT2D eigenvalue weighted by molar-refractivity contribution is -0.154. The van der Waals surface area contributed by atoms with Gasteiger partial charge in [0, 0.05) is 12.6 Å². The highest BCUT2D eigenvalue weighted by atomic mass is 19.1. The molecule has 108 valence electrons. The van der Waals surface area contributed by atoms with Gasteiger partial charge in [0.25, 0.3) is 0 Å². The second-order valence-corrected chi connectivity index (χ2v) is 4.83. The molecule has 5 heteroatoms. The van der Waals surface area contributed by atoms with E-state index < -0.39 is 17.4 Å². The maximum absolute atomic E-state index is 12.7. The monoisotopic (exact) mass is 279 g/mol. The number of halogens is 1. The predicted molar refractivity (Wildman–Crippen MR) is 74.5 cm³/mol. The quantitative estimate of drug-likeness (QED) is 0.843. The number of hydrogen-bond donors (Lipinski definition) is 1. The van der Waals surface area contributed by atoms with Crippen LogP contribution in [0, 0.1) is 5.82 Å². The van der Waals surface area contributed by atoms with Gasteiger partial charge in [0.1, 0.15) is 11.4 Å². The molecule has 0 aliphatic heterocycles. The van der Waals surface area contributed by atoms with Crippen LogP contribution in [0.25, 0.3) is 6.08 Å². The number of aliphatic carboxylic acids is 1. The maximum atomic E-state index is 12.7. The fourth-order valence-electron chi connectivity index (χ4n) is 1.77. The average molecular weight is 279 g/mol. The molecule has 1 amide bonds. The topological polar surface area (TPSA) is 57.6 Å². The molecular formula is C15H18FNO3. The summed E-state index contributed by atoms with van der Waals surface area (Å²) in [5, 5.41) is 9.15. The minimum Gasteiger partial charge on any atom is -0.480 e. The summed E-state index contributed by atoms with van der Waals surface area (Å²) in [6.45, 7) is 4.95. The van der Waals surface area contributed by atoms with E-state index in [1.54, 1.807) is 6.92 Å². The summed E-state index contributed by atoms with van der Waals surface area (Å²) < 4.78 is 12.7. The summed E-state index contributed by atoms with van der Waals surface area (Å²) in [5.74, 6) is -1.82. The van der Waals surface area contributed by atoms with Crippen molar-refractivity contribution in [1.29, 1.82) is 0 Å². The molecule has 0 radical (unpaired) electrons. The van der Waals surface area contributed by atoms with E-state index in [1.807, 2.05) is 0 Å². The minimum atomic E-state index is -1.28. The number of benzene rings is 1. The Morgan fingerprint density at radius 1 is 1.30 bits per heavy atom. The van der Waals surface area contributed by atoms with Crippen LogP contribution in [0.5, 0.6) is 0 Å². The number of nitrogens with zero attached hydrogens (tertiary/aromatic N) is 1. The zero-order chi connectivity index (χ0) is 15.3. The first-order chi connectivity index (χ1) is 9.28. The highest BCUT2D eigenvalue weighted by Crippen LogP contribution is 2.15. The van der Waals surface area contributed by atoms with Crippen molar-refractivity contribution >= 4 is 18.0 Å². The average Bonchev–Trinajstić information content (AvgIpc) is 2.38. The number of carboxylic acids is 1. The first-order valence-corrected chi connectivity index (χ1v) is 6.27. The Kier molecular flexibility index (Phi) is 5.02. The third-order valence-electron chi connectivity index (χ3n) is 3.07. The normalized spacial score (nSPS) is 11.6. The number of carbonyl (C=O) groups is 2. The fourth-order valence-corrected chi connectivity index (χ4v) is 1.77. The zero-order valence-electron chi connectivity index (χ0n) is 11.8. The summed E-state index contributed by atoms with van der Waals surface area (Å²) in [5.41, 5.74) is -0.608. The molecule has 0 spiro atoms. The van der Waals surface area contributed by atoms with Crippen LogP contribution in [-0.2, 0) is 9.59 Å². The van der Waals surface area contributed by atoms with E-state index in [0.717, 1.165) is 0 Å². The molecule has 0 unspecified atom stereocenters. The zero-order valence-corrected chi connectivity index (χ0v) is 11.8. The molecule has 0 fully saturated rings. The molecule has 0 atom stereocenters. The van der Waals surface area contributed by atoms with Gasteiger partial charge >= 0.3 is 5.97 Å². The van der Waals surface area contributed by atoms with Crippen LogP contribution in [0.15, 0.2) is 30.3 Å². The summed E-state index contributed by atoms with van der Waals surface area (Å²) in [6, 6.07) is 5.67. The van der Waals surface area contributed by atoms with Gasteiger partial charge < -0.3 is 10.0 Å². The van der Waals surface area contributed by atoms with Gasteiger partial charge in [-0.1, -0.05) is 12.1 Å². The molecule has 1 aromatic carbocycles.